The standard InChI is InChI=1S/C41H46F2N8O6/c1-25(2)23-41(3,44)24-57-33-12-10-30(47-36(33)37(42)43)27-13-15-45-34(22-27)46-29-8-5-26(6-9-29)38(53)49-17-19-50(20-18-49)39(54)28-7-11-32(56-4)31(21-28)51-16-14-35(52)48-40(51)55/h5-13,15,21-22,25,37H,14,16-20,23-24,44H2,1-4H3,(H,45,46)(H,48,52,55)/t41-/m0/s1. The molecule has 2 fully saturated rings. The summed E-state index contributed by atoms with van der Waals surface area (Å²) in [6.45, 7) is 7.38. The van der Waals surface area contributed by atoms with Crippen molar-refractivity contribution >= 4 is 40.9 Å². The van der Waals surface area contributed by atoms with Gasteiger partial charge in [0.05, 0.1) is 18.5 Å². The second kappa shape index (κ2) is 17.3. The summed E-state index contributed by atoms with van der Waals surface area (Å²) in [7, 11) is 1.46. The quantitative estimate of drug-likeness (QED) is 0.146. The highest BCUT2D eigenvalue weighted by atomic mass is 19.3. The molecule has 2 saturated heterocycles. The maximum Gasteiger partial charge on any atom is 0.328 e. The Morgan fingerprint density at radius 3 is 2.19 bits per heavy atom. The van der Waals surface area contributed by atoms with E-state index in [4.69, 9.17) is 15.2 Å². The van der Waals surface area contributed by atoms with Crippen LogP contribution in [0.4, 0.5) is 30.8 Å². The normalized spacial score (nSPS) is 15.7. The molecule has 2 aliphatic rings. The van der Waals surface area contributed by atoms with Crippen LogP contribution in [-0.4, -0.2) is 95.5 Å². The first-order valence-corrected chi connectivity index (χ1v) is 18.6. The van der Waals surface area contributed by atoms with Crippen LogP contribution in [0.2, 0.25) is 0 Å². The first kappa shape index (κ1) is 40.5. The number of amides is 5. The van der Waals surface area contributed by atoms with Gasteiger partial charge in [0.25, 0.3) is 18.2 Å². The first-order valence-electron chi connectivity index (χ1n) is 18.6. The van der Waals surface area contributed by atoms with E-state index in [9.17, 15) is 28.0 Å². The number of ether oxygens (including phenoxy) is 2. The lowest BCUT2D eigenvalue weighted by Gasteiger charge is -2.35. The zero-order valence-corrected chi connectivity index (χ0v) is 32.3. The van der Waals surface area contributed by atoms with E-state index < -0.39 is 23.7 Å². The highest BCUT2D eigenvalue weighted by Gasteiger charge is 2.30. The van der Waals surface area contributed by atoms with Gasteiger partial charge in [-0.3, -0.25) is 24.6 Å². The SMILES string of the molecule is COc1ccc(C(=O)N2CCN(C(=O)c3ccc(Nc4cc(-c5ccc(OC[C@@](C)(N)CC(C)C)c(C(F)F)n5)ccn4)cc3)CC2)cc1N1CCC(=O)NC1=O. The second-order valence-corrected chi connectivity index (χ2v) is 14.8. The van der Waals surface area contributed by atoms with Crippen molar-refractivity contribution in [3.63, 3.8) is 0 Å². The van der Waals surface area contributed by atoms with E-state index in [1.165, 1.54) is 18.1 Å². The molecule has 16 heteroatoms. The van der Waals surface area contributed by atoms with E-state index in [1.807, 2.05) is 20.8 Å². The number of benzene rings is 2. The molecule has 14 nitrogen and oxygen atoms in total. The molecule has 300 valence electrons. The smallest absolute Gasteiger partial charge is 0.328 e. The Hall–Kier alpha value is -6.16. The number of carbonyl (C=O) groups excluding carboxylic acids is 4. The van der Waals surface area contributed by atoms with Crippen LogP contribution in [0.1, 0.15) is 66.4 Å². The molecule has 4 heterocycles. The minimum atomic E-state index is -2.86. The molecule has 0 aliphatic carbocycles. The van der Waals surface area contributed by atoms with Crippen molar-refractivity contribution in [3.8, 4) is 22.8 Å². The van der Waals surface area contributed by atoms with Crippen LogP contribution in [0.15, 0.2) is 72.9 Å². The number of pyridine rings is 2. The maximum atomic E-state index is 14.1. The highest BCUT2D eigenvalue weighted by molar-refractivity contribution is 6.07. The third-order valence-corrected chi connectivity index (χ3v) is 9.61. The van der Waals surface area contributed by atoms with Crippen LogP contribution in [0.3, 0.4) is 0 Å². The van der Waals surface area contributed by atoms with E-state index in [-0.39, 0.29) is 43.0 Å². The number of rotatable bonds is 13. The van der Waals surface area contributed by atoms with Crippen molar-refractivity contribution in [1.82, 2.24) is 25.1 Å². The lowest BCUT2D eigenvalue weighted by atomic mass is 9.93. The third-order valence-electron chi connectivity index (χ3n) is 9.61. The third kappa shape index (κ3) is 9.81. The molecule has 0 spiro atoms. The number of halogens is 2. The zero-order chi connectivity index (χ0) is 40.9. The Labute approximate surface area is 329 Å². The van der Waals surface area contributed by atoms with E-state index in [0.717, 1.165) is 0 Å². The van der Waals surface area contributed by atoms with Gasteiger partial charge in [-0.15, -0.1) is 0 Å². The topological polar surface area (TPSA) is 172 Å². The average molecular weight is 785 g/mol. The predicted octanol–water partition coefficient (Wildman–Crippen LogP) is 6.02. The van der Waals surface area contributed by atoms with E-state index in [2.05, 4.69) is 20.6 Å². The molecular formula is C41H46F2N8O6. The van der Waals surface area contributed by atoms with Crippen molar-refractivity contribution in [2.24, 2.45) is 11.7 Å². The molecule has 57 heavy (non-hydrogen) atoms. The summed E-state index contributed by atoms with van der Waals surface area (Å²) in [6, 6.07) is 17.6. The maximum absolute atomic E-state index is 14.1. The van der Waals surface area contributed by atoms with Crippen LogP contribution < -0.4 is 30.7 Å². The van der Waals surface area contributed by atoms with Crippen LogP contribution in [0.25, 0.3) is 11.3 Å². The number of nitrogens with two attached hydrogens (primary N) is 1. The second-order valence-electron chi connectivity index (χ2n) is 14.8. The van der Waals surface area contributed by atoms with E-state index >= 15 is 0 Å². The summed E-state index contributed by atoms with van der Waals surface area (Å²) in [4.78, 5) is 64.4. The number of carbonyl (C=O) groups is 4. The fourth-order valence-electron chi connectivity index (χ4n) is 6.94. The fraction of sp³-hybridized carbons (Fsp3) is 0.366. The lowest BCUT2D eigenvalue weighted by Crippen LogP contribution is -2.51. The summed E-state index contributed by atoms with van der Waals surface area (Å²) >= 11 is 0. The minimum Gasteiger partial charge on any atom is -0.495 e. The number of piperazine rings is 1. The molecule has 2 aliphatic heterocycles. The van der Waals surface area contributed by atoms with Crippen molar-refractivity contribution in [2.45, 2.75) is 45.6 Å². The number of hydrogen-bond acceptors (Lipinski definition) is 10. The molecule has 4 N–H and O–H groups in total. The molecule has 5 amide bonds. The molecule has 0 bridgehead atoms. The van der Waals surface area contributed by atoms with Crippen molar-refractivity contribution in [3.05, 3.63) is 89.7 Å². The summed E-state index contributed by atoms with van der Waals surface area (Å²) in [5.74, 6) is 0.334. The number of methoxy groups -OCH3 is 1. The molecule has 2 aromatic carbocycles. The molecule has 0 radical (unpaired) electrons. The van der Waals surface area contributed by atoms with E-state index in [1.54, 1.807) is 76.7 Å². The van der Waals surface area contributed by atoms with Gasteiger partial charge < -0.3 is 30.3 Å². The number of urea groups is 1. The Morgan fingerprint density at radius 2 is 1.56 bits per heavy atom. The van der Waals surface area contributed by atoms with Gasteiger partial charge in [-0.2, -0.15) is 0 Å². The predicted molar refractivity (Wildman–Crippen MR) is 210 cm³/mol. The van der Waals surface area contributed by atoms with Crippen molar-refractivity contribution in [1.29, 1.82) is 0 Å². The fourth-order valence-corrected chi connectivity index (χ4v) is 6.94. The monoisotopic (exact) mass is 784 g/mol. The minimum absolute atomic E-state index is 0.0132. The van der Waals surface area contributed by atoms with E-state index in [0.29, 0.717) is 83.8 Å². The highest BCUT2D eigenvalue weighted by Crippen LogP contribution is 2.33. The van der Waals surface area contributed by atoms with Gasteiger partial charge >= 0.3 is 6.03 Å². The first-order chi connectivity index (χ1) is 27.2. The van der Waals surface area contributed by atoms with Crippen molar-refractivity contribution < 1.29 is 37.4 Å². The molecule has 4 aromatic rings. The number of aromatic nitrogens is 2. The Balaban J connectivity index is 1.05. The Morgan fingerprint density at radius 1 is 0.912 bits per heavy atom. The number of hydrogen-bond donors (Lipinski definition) is 3. The van der Waals surface area contributed by atoms with Gasteiger partial charge in [0.15, 0.2) is 0 Å². The van der Waals surface area contributed by atoms with Gasteiger partial charge in [0, 0.05) is 73.3 Å². The molecule has 0 saturated carbocycles. The Kier molecular flexibility index (Phi) is 12.3. The molecule has 0 unspecified atom stereocenters. The Bertz CT molecular complexity index is 2120. The molecular weight excluding hydrogens is 738 g/mol. The van der Waals surface area contributed by atoms with Crippen LogP contribution in [0, 0.1) is 5.92 Å². The number of alkyl halides is 2. The number of nitrogens with one attached hydrogen (secondary N) is 2. The summed E-state index contributed by atoms with van der Waals surface area (Å²) < 4.78 is 39.3. The van der Waals surface area contributed by atoms with Gasteiger partial charge in [-0.05, 0) is 86.0 Å². The van der Waals surface area contributed by atoms with Crippen LogP contribution in [0.5, 0.6) is 11.5 Å². The molecule has 1 atom stereocenters. The van der Waals surface area contributed by atoms with Crippen molar-refractivity contribution in [2.75, 3.05) is 56.7 Å². The van der Waals surface area contributed by atoms with Gasteiger partial charge in [-0.1, -0.05) is 13.8 Å². The molecule has 6 rings (SSSR count). The van der Waals surface area contributed by atoms with Crippen LogP contribution in [-0.2, 0) is 4.79 Å². The summed E-state index contributed by atoms with van der Waals surface area (Å²) in [5.41, 5.74) is 7.89. The number of anilines is 3. The van der Waals surface area contributed by atoms with Gasteiger partial charge in [0.1, 0.15) is 29.6 Å². The zero-order valence-electron chi connectivity index (χ0n) is 32.3. The van der Waals surface area contributed by atoms with Crippen LogP contribution >= 0.6 is 0 Å². The van der Waals surface area contributed by atoms with Gasteiger partial charge in [0.2, 0.25) is 5.91 Å². The lowest BCUT2D eigenvalue weighted by molar-refractivity contribution is -0.120. The number of imide groups is 1. The molecule has 2 aromatic heterocycles. The average Bonchev–Trinajstić information content (AvgIpc) is 3.19. The summed E-state index contributed by atoms with van der Waals surface area (Å²) in [6.07, 6.45) is -0.522. The largest absolute Gasteiger partial charge is 0.495 e. The number of nitrogens with zero attached hydrogens (tertiary/aromatic N) is 5. The summed E-state index contributed by atoms with van der Waals surface area (Å²) in [5, 5.41) is 5.47. The van der Waals surface area contributed by atoms with Gasteiger partial charge in [-0.25, -0.2) is 23.5 Å².